The Kier molecular flexibility index (Phi) is 11.1. The SMILES string of the molecule is CC(C)CCCC(C)C1CCC2C3CCC4CC(c5ccc(OCOc6ccccc6)cc5)(c5ccc(Oc6ccccc6)cc5)CCC4(C)C3CCC12C. The Morgan fingerprint density at radius 3 is 1.80 bits per heavy atom. The summed E-state index contributed by atoms with van der Waals surface area (Å²) in [5, 5.41) is 0. The fourth-order valence-corrected chi connectivity index (χ4v) is 13.0. The van der Waals surface area contributed by atoms with E-state index in [2.05, 4.69) is 83.1 Å². The molecule has 0 amide bonds. The van der Waals surface area contributed by atoms with Crippen LogP contribution in [0.15, 0.2) is 109 Å². The van der Waals surface area contributed by atoms with Gasteiger partial charge in [-0.2, -0.15) is 0 Å². The molecule has 292 valence electrons. The number of fused-ring (bicyclic) bond motifs is 5. The van der Waals surface area contributed by atoms with Crippen LogP contribution in [0.5, 0.6) is 23.0 Å². The summed E-state index contributed by atoms with van der Waals surface area (Å²) in [5.41, 5.74) is 3.72. The summed E-state index contributed by atoms with van der Waals surface area (Å²) >= 11 is 0. The van der Waals surface area contributed by atoms with E-state index >= 15 is 0 Å². The van der Waals surface area contributed by atoms with Gasteiger partial charge in [0.15, 0.2) is 0 Å². The largest absolute Gasteiger partial charge is 0.458 e. The zero-order valence-corrected chi connectivity index (χ0v) is 34.4. The molecule has 9 unspecified atom stereocenters. The van der Waals surface area contributed by atoms with Crippen LogP contribution in [0.2, 0.25) is 0 Å². The second kappa shape index (κ2) is 16.0. The molecule has 0 N–H and O–H groups in total. The van der Waals surface area contributed by atoms with Crippen LogP contribution in [0.1, 0.15) is 123 Å². The first-order valence-electron chi connectivity index (χ1n) is 21.9. The van der Waals surface area contributed by atoms with E-state index in [4.69, 9.17) is 14.2 Å². The van der Waals surface area contributed by atoms with E-state index < -0.39 is 0 Å². The van der Waals surface area contributed by atoms with E-state index in [1.165, 1.54) is 88.2 Å². The Balaban J connectivity index is 1.02. The van der Waals surface area contributed by atoms with Crippen LogP contribution in [0, 0.1) is 52.3 Å². The van der Waals surface area contributed by atoms with E-state index in [1.807, 2.05) is 60.7 Å². The number of hydrogen-bond donors (Lipinski definition) is 0. The summed E-state index contributed by atoms with van der Waals surface area (Å²) in [6, 6.07) is 38.1. The molecule has 4 aliphatic carbocycles. The van der Waals surface area contributed by atoms with Crippen LogP contribution in [0.3, 0.4) is 0 Å². The monoisotopic (exact) mass is 739 g/mol. The van der Waals surface area contributed by atoms with Gasteiger partial charge in [-0.3, -0.25) is 0 Å². The average molecular weight is 739 g/mol. The maximum absolute atomic E-state index is 6.27. The van der Waals surface area contributed by atoms with E-state index in [1.54, 1.807) is 0 Å². The molecule has 3 nitrogen and oxygen atoms in total. The molecule has 0 radical (unpaired) electrons. The normalized spacial score (nSPS) is 31.9. The van der Waals surface area contributed by atoms with Gasteiger partial charge in [-0.25, -0.2) is 0 Å². The highest BCUT2D eigenvalue weighted by Gasteiger charge is 2.62. The van der Waals surface area contributed by atoms with Gasteiger partial charge in [0.2, 0.25) is 6.79 Å². The van der Waals surface area contributed by atoms with Crippen LogP contribution in [-0.2, 0) is 5.41 Å². The molecule has 9 atom stereocenters. The zero-order chi connectivity index (χ0) is 38.0. The summed E-state index contributed by atoms with van der Waals surface area (Å²) in [5.74, 6) is 9.44. The quantitative estimate of drug-likeness (QED) is 0.128. The first-order chi connectivity index (χ1) is 26.7. The first kappa shape index (κ1) is 38.2. The van der Waals surface area contributed by atoms with Gasteiger partial charge < -0.3 is 14.2 Å². The zero-order valence-electron chi connectivity index (χ0n) is 34.4. The molecule has 0 heterocycles. The molecule has 55 heavy (non-hydrogen) atoms. The molecule has 4 fully saturated rings. The molecule has 0 saturated heterocycles. The van der Waals surface area contributed by atoms with Crippen LogP contribution in [-0.4, -0.2) is 6.79 Å². The van der Waals surface area contributed by atoms with Crippen molar-refractivity contribution in [1.82, 2.24) is 0 Å². The Bertz CT molecular complexity index is 1820. The molecule has 4 aliphatic rings. The van der Waals surface area contributed by atoms with Crippen molar-refractivity contribution in [3.63, 3.8) is 0 Å². The highest BCUT2D eigenvalue weighted by atomic mass is 16.7. The van der Waals surface area contributed by atoms with Crippen molar-refractivity contribution in [3.8, 4) is 23.0 Å². The van der Waals surface area contributed by atoms with Crippen molar-refractivity contribution in [3.05, 3.63) is 120 Å². The van der Waals surface area contributed by atoms with Crippen molar-refractivity contribution >= 4 is 0 Å². The van der Waals surface area contributed by atoms with Gasteiger partial charge in [-0.15, -0.1) is 0 Å². The summed E-state index contributed by atoms with van der Waals surface area (Å²) in [6.07, 6.45) is 16.5. The summed E-state index contributed by atoms with van der Waals surface area (Å²) in [6.45, 7) is 13.1. The molecule has 0 spiro atoms. The van der Waals surface area contributed by atoms with Gasteiger partial charge in [0.25, 0.3) is 0 Å². The fraction of sp³-hybridized carbons (Fsp3) is 0.538. The van der Waals surface area contributed by atoms with Crippen LogP contribution < -0.4 is 14.2 Å². The highest BCUT2D eigenvalue weighted by molar-refractivity contribution is 5.45. The third-order valence-electron chi connectivity index (χ3n) is 15.9. The van der Waals surface area contributed by atoms with E-state index in [-0.39, 0.29) is 12.2 Å². The minimum atomic E-state index is -0.0472. The smallest absolute Gasteiger partial charge is 0.230 e. The average Bonchev–Trinajstić information content (AvgIpc) is 3.56. The van der Waals surface area contributed by atoms with Gasteiger partial charge in [0.1, 0.15) is 23.0 Å². The lowest BCUT2D eigenvalue weighted by molar-refractivity contribution is -0.122. The standard InChI is InChI=1S/C52H66O3/c1-37(2)13-12-14-38(3)47-29-30-48-46-28-23-41-35-52(34-33-50(41,4)49(46)31-32-51(47,48)5,40-21-26-45(27-22-40)55-44-17-10-7-11-18-44)39-19-24-43(25-20-39)54-36-53-42-15-8-6-9-16-42/h6-11,15-22,24-27,37-38,41,46-49H,12-14,23,28-36H2,1-5H3. The van der Waals surface area contributed by atoms with Crippen LogP contribution in [0.4, 0.5) is 0 Å². The van der Waals surface area contributed by atoms with Gasteiger partial charge in [-0.05, 0) is 170 Å². The highest BCUT2D eigenvalue weighted by Crippen LogP contribution is 2.70. The van der Waals surface area contributed by atoms with Gasteiger partial charge in [0.05, 0.1) is 0 Å². The molecule has 0 bridgehead atoms. The lowest BCUT2D eigenvalue weighted by atomic mass is 9.42. The molecule has 0 aliphatic heterocycles. The third-order valence-corrected chi connectivity index (χ3v) is 15.9. The first-order valence-corrected chi connectivity index (χ1v) is 21.9. The van der Waals surface area contributed by atoms with Gasteiger partial charge in [-0.1, -0.05) is 115 Å². The predicted molar refractivity (Wildman–Crippen MR) is 226 cm³/mol. The Labute approximate surface area is 332 Å². The molecule has 4 saturated carbocycles. The van der Waals surface area contributed by atoms with E-state index in [0.29, 0.717) is 10.8 Å². The fourth-order valence-electron chi connectivity index (χ4n) is 13.0. The Morgan fingerprint density at radius 1 is 0.564 bits per heavy atom. The molecule has 0 aromatic heterocycles. The summed E-state index contributed by atoms with van der Waals surface area (Å²) in [4.78, 5) is 0. The van der Waals surface area contributed by atoms with Crippen molar-refractivity contribution in [2.24, 2.45) is 52.3 Å². The minimum absolute atomic E-state index is 0.0472. The van der Waals surface area contributed by atoms with Crippen LogP contribution >= 0.6 is 0 Å². The Hall–Kier alpha value is -3.72. The molecule has 3 heteroatoms. The van der Waals surface area contributed by atoms with Crippen molar-refractivity contribution < 1.29 is 14.2 Å². The molecule has 4 aromatic rings. The maximum Gasteiger partial charge on any atom is 0.230 e. The number of hydrogen-bond acceptors (Lipinski definition) is 3. The molecule has 4 aromatic carbocycles. The summed E-state index contributed by atoms with van der Waals surface area (Å²) < 4.78 is 18.2. The molecular weight excluding hydrogens is 673 g/mol. The van der Waals surface area contributed by atoms with Gasteiger partial charge >= 0.3 is 0 Å². The number of rotatable bonds is 13. The third kappa shape index (κ3) is 7.59. The van der Waals surface area contributed by atoms with Crippen molar-refractivity contribution in [2.45, 2.75) is 117 Å². The second-order valence-electron chi connectivity index (χ2n) is 19.2. The van der Waals surface area contributed by atoms with E-state index in [0.717, 1.165) is 64.4 Å². The second-order valence-corrected chi connectivity index (χ2v) is 19.2. The summed E-state index contributed by atoms with van der Waals surface area (Å²) in [7, 11) is 0. The number of ether oxygens (including phenoxy) is 3. The number of benzene rings is 4. The van der Waals surface area contributed by atoms with Crippen molar-refractivity contribution in [2.75, 3.05) is 6.79 Å². The Morgan fingerprint density at radius 2 is 1.15 bits per heavy atom. The van der Waals surface area contributed by atoms with Crippen LogP contribution in [0.25, 0.3) is 0 Å². The topological polar surface area (TPSA) is 27.7 Å². The lowest BCUT2D eigenvalue weighted by Gasteiger charge is -2.63. The van der Waals surface area contributed by atoms with Crippen molar-refractivity contribution in [1.29, 1.82) is 0 Å². The molecule has 8 rings (SSSR count). The van der Waals surface area contributed by atoms with E-state index in [9.17, 15) is 0 Å². The lowest BCUT2D eigenvalue weighted by Crippen LogP contribution is -2.55. The maximum atomic E-state index is 6.27. The van der Waals surface area contributed by atoms with Gasteiger partial charge in [0, 0.05) is 5.41 Å². The number of para-hydroxylation sites is 2. The molecular formula is C52H66O3. The minimum Gasteiger partial charge on any atom is -0.458 e. The predicted octanol–water partition coefficient (Wildman–Crippen LogP) is 14.3.